The molecule has 0 bridgehead atoms. The first-order chi connectivity index (χ1) is 11.7. The fourth-order valence-corrected chi connectivity index (χ4v) is 3.60. The smallest absolute Gasteiger partial charge is 0.406 e. The third-order valence-corrected chi connectivity index (χ3v) is 4.68. The van der Waals surface area contributed by atoms with Gasteiger partial charge in [0.1, 0.15) is 11.6 Å². The van der Waals surface area contributed by atoms with E-state index in [-0.39, 0.29) is 17.5 Å². The number of nitrogens with zero attached hydrogens (tertiary/aromatic N) is 1. The fraction of sp³-hybridized carbons (Fsp3) is 0.235. The summed E-state index contributed by atoms with van der Waals surface area (Å²) in [6.07, 6.45) is -4.24. The quantitative estimate of drug-likeness (QED) is 0.491. The van der Waals surface area contributed by atoms with Crippen LogP contribution in [0.1, 0.15) is 21.5 Å². The Labute approximate surface area is 154 Å². The van der Waals surface area contributed by atoms with E-state index < -0.39 is 6.36 Å². The normalized spacial score (nSPS) is 14.0. The molecule has 25 heavy (non-hydrogen) atoms. The zero-order valence-corrected chi connectivity index (χ0v) is 14.9. The first kappa shape index (κ1) is 18.0. The van der Waals surface area contributed by atoms with Gasteiger partial charge in [-0.05, 0) is 64.4 Å². The van der Waals surface area contributed by atoms with Crippen LogP contribution in [0.3, 0.4) is 0 Å². The minimum Gasteiger partial charge on any atom is -0.406 e. The van der Waals surface area contributed by atoms with Crippen LogP contribution >= 0.6 is 22.6 Å². The zero-order chi connectivity index (χ0) is 18.2. The highest BCUT2D eigenvalue weighted by Gasteiger charge is 2.31. The Morgan fingerprint density at radius 3 is 2.48 bits per heavy atom. The van der Waals surface area contributed by atoms with E-state index in [1.807, 2.05) is 22.6 Å². The van der Waals surface area contributed by atoms with E-state index in [1.54, 1.807) is 4.90 Å². The van der Waals surface area contributed by atoms with Gasteiger partial charge >= 0.3 is 6.36 Å². The first-order valence-corrected chi connectivity index (χ1v) is 8.43. The van der Waals surface area contributed by atoms with Crippen LogP contribution < -0.4 is 4.74 Å². The van der Waals surface area contributed by atoms with Gasteiger partial charge in [-0.3, -0.25) is 4.79 Å². The third-order valence-electron chi connectivity index (χ3n) is 3.83. The summed E-state index contributed by atoms with van der Waals surface area (Å²) in [5, 5.41) is 0. The molecule has 0 N–H and O–H groups in total. The van der Waals surface area contributed by atoms with Crippen molar-refractivity contribution in [2.24, 2.45) is 0 Å². The van der Waals surface area contributed by atoms with Gasteiger partial charge in [-0.2, -0.15) is 0 Å². The Morgan fingerprint density at radius 1 is 1.16 bits per heavy atom. The van der Waals surface area contributed by atoms with Crippen molar-refractivity contribution in [1.29, 1.82) is 0 Å². The molecule has 0 radical (unpaired) electrons. The lowest BCUT2D eigenvalue weighted by molar-refractivity contribution is -0.274. The molecule has 0 aromatic heterocycles. The molecule has 8 heteroatoms. The standard InChI is InChI=1S/C17H12F4INO2/c18-12-7-11-9-23(16(24)15(11)14(22)8-12)6-5-10-1-3-13(4-2-10)25-17(19,20)21/h1-4,7-8H,5-6,9H2. The minimum atomic E-state index is -4.72. The number of halogens is 5. The van der Waals surface area contributed by atoms with Gasteiger partial charge in [-0.1, -0.05) is 12.1 Å². The van der Waals surface area contributed by atoms with Gasteiger partial charge in [-0.15, -0.1) is 13.2 Å². The lowest BCUT2D eigenvalue weighted by atomic mass is 10.1. The van der Waals surface area contributed by atoms with Crippen LogP contribution in [0.25, 0.3) is 0 Å². The van der Waals surface area contributed by atoms with E-state index in [0.29, 0.717) is 34.2 Å². The van der Waals surface area contributed by atoms with E-state index in [2.05, 4.69) is 4.74 Å². The van der Waals surface area contributed by atoms with Crippen molar-refractivity contribution in [2.45, 2.75) is 19.3 Å². The highest BCUT2D eigenvalue weighted by molar-refractivity contribution is 14.1. The van der Waals surface area contributed by atoms with Crippen LogP contribution in [-0.2, 0) is 13.0 Å². The predicted octanol–water partition coefficient (Wildman–Crippen LogP) is 4.53. The second-order valence-electron chi connectivity index (χ2n) is 5.59. The van der Waals surface area contributed by atoms with Crippen LogP contribution in [0, 0.1) is 9.39 Å². The van der Waals surface area contributed by atoms with Gasteiger partial charge < -0.3 is 9.64 Å². The lowest BCUT2D eigenvalue weighted by Crippen LogP contribution is -2.26. The topological polar surface area (TPSA) is 29.5 Å². The second-order valence-corrected chi connectivity index (χ2v) is 6.75. The Morgan fingerprint density at radius 2 is 1.84 bits per heavy atom. The number of benzene rings is 2. The average Bonchev–Trinajstić information content (AvgIpc) is 2.81. The van der Waals surface area contributed by atoms with Crippen LogP contribution in [0.5, 0.6) is 5.75 Å². The summed E-state index contributed by atoms with van der Waals surface area (Å²) in [5.41, 5.74) is 1.96. The van der Waals surface area contributed by atoms with Crippen molar-refractivity contribution in [3.8, 4) is 5.75 Å². The highest BCUT2D eigenvalue weighted by atomic mass is 127. The average molecular weight is 465 g/mol. The maximum Gasteiger partial charge on any atom is 0.573 e. The van der Waals surface area contributed by atoms with Crippen molar-refractivity contribution < 1.29 is 27.1 Å². The maximum atomic E-state index is 13.5. The maximum absolute atomic E-state index is 13.5. The van der Waals surface area contributed by atoms with Crippen LogP contribution in [0.4, 0.5) is 17.6 Å². The molecule has 1 amide bonds. The predicted molar refractivity (Wildman–Crippen MR) is 90.7 cm³/mol. The second kappa shape index (κ2) is 6.81. The Balaban J connectivity index is 1.63. The Kier molecular flexibility index (Phi) is 4.90. The van der Waals surface area contributed by atoms with Gasteiger partial charge in [0.05, 0.1) is 5.56 Å². The molecule has 0 aliphatic carbocycles. The van der Waals surface area contributed by atoms with Crippen LogP contribution in [0.15, 0.2) is 36.4 Å². The molecule has 132 valence electrons. The van der Waals surface area contributed by atoms with Gasteiger partial charge in [0.25, 0.3) is 5.91 Å². The van der Waals surface area contributed by atoms with Gasteiger partial charge in [0.2, 0.25) is 0 Å². The Bertz CT molecular complexity index is 806. The molecule has 1 aliphatic heterocycles. The summed E-state index contributed by atoms with van der Waals surface area (Å²) in [4.78, 5) is 14.0. The number of alkyl halides is 3. The molecule has 0 saturated heterocycles. The van der Waals surface area contributed by atoms with Crippen LogP contribution in [-0.4, -0.2) is 23.7 Å². The largest absolute Gasteiger partial charge is 0.573 e. The fourth-order valence-electron chi connectivity index (χ4n) is 2.73. The monoisotopic (exact) mass is 465 g/mol. The highest BCUT2D eigenvalue weighted by Crippen LogP contribution is 2.28. The summed E-state index contributed by atoms with van der Waals surface area (Å²) in [5.74, 6) is -0.819. The SMILES string of the molecule is O=C1c2c(I)cc(F)cc2CN1CCc1ccc(OC(F)(F)F)cc1. The van der Waals surface area contributed by atoms with Gasteiger partial charge in [0.15, 0.2) is 0 Å². The summed E-state index contributed by atoms with van der Waals surface area (Å²) < 4.78 is 54.3. The third kappa shape index (κ3) is 4.23. The number of hydrogen-bond donors (Lipinski definition) is 0. The van der Waals surface area contributed by atoms with E-state index in [1.165, 1.54) is 36.4 Å². The molecule has 3 rings (SSSR count). The number of amides is 1. The molecule has 3 nitrogen and oxygen atoms in total. The molecule has 1 aliphatic rings. The Hall–Kier alpha value is -1.84. The summed E-state index contributed by atoms with van der Waals surface area (Å²) in [6, 6.07) is 8.21. The number of carbonyl (C=O) groups excluding carboxylic acids is 1. The summed E-state index contributed by atoms with van der Waals surface area (Å²) in [7, 11) is 0. The molecule has 0 fully saturated rings. The zero-order valence-electron chi connectivity index (χ0n) is 12.7. The number of hydrogen-bond acceptors (Lipinski definition) is 2. The molecular formula is C17H12F4INO2. The number of ether oxygens (including phenoxy) is 1. The van der Waals surface area contributed by atoms with Crippen LogP contribution in [0.2, 0.25) is 0 Å². The lowest BCUT2D eigenvalue weighted by Gasteiger charge is -2.16. The van der Waals surface area contributed by atoms with E-state index in [4.69, 9.17) is 0 Å². The van der Waals surface area contributed by atoms with Crippen molar-refractivity contribution in [2.75, 3.05) is 6.54 Å². The first-order valence-electron chi connectivity index (χ1n) is 7.35. The number of fused-ring (bicyclic) bond motifs is 1. The van der Waals surface area contributed by atoms with E-state index in [9.17, 15) is 22.4 Å². The molecular weight excluding hydrogens is 453 g/mol. The van der Waals surface area contributed by atoms with Crippen molar-refractivity contribution in [1.82, 2.24) is 4.90 Å². The molecule has 2 aromatic rings. The van der Waals surface area contributed by atoms with Gasteiger partial charge in [0, 0.05) is 16.7 Å². The van der Waals surface area contributed by atoms with E-state index >= 15 is 0 Å². The van der Waals surface area contributed by atoms with E-state index in [0.717, 1.165) is 5.56 Å². The number of carbonyl (C=O) groups is 1. The summed E-state index contributed by atoms with van der Waals surface area (Å²) >= 11 is 1.94. The molecule has 0 unspecified atom stereocenters. The minimum absolute atomic E-state index is 0.156. The molecule has 0 atom stereocenters. The number of rotatable bonds is 4. The molecule has 1 heterocycles. The molecule has 0 saturated carbocycles. The van der Waals surface area contributed by atoms with Gasteiger partial charge in [-0.25, -0.2) is 4.39 Å². The van der Waals surface area contributed by atoms with Crippen molar-refractivity contribution in [3.63, 3.8) is 0 Å². The van der Waals surface area contributed by atoms with Crippen molar-refractivity contribution >= 4 is 28.5 Å². The molecule has 2 aromatic carbocycles. The van der Waals surface area contributed by atoms with Crippen molar-refractivity contribution in [3.05, 3.63) is 62.5 Å². The molecule has 0 spiro atoms. The summed E-state index contributed by atoms with van der Waals surface area (Å²) in [6.45, 7) is 0.724.